The molecule has 0 atom stereocenters. The zero-order chi connectivity index (χ0) is 23.0. The highest BCUT2D eigenvalue weighted by molar-refractivity contribution is 5.85. The van der Waals surface area contributed by atoms with Gasteiger partial charge in [-0.25, -0.2) is 4.79 Å². The topological polar surface area (TPSA) is 63.7 Å². The average Bonchev–Trinajstić information content (AvgIpc) is 2.75. The Hall–Kier alpha value is -2.34. The van der Waals surface area contributed by atoms with Gasteiger partial charge in [-0.1, -0.05) is 19.4 Å². The SMILES string of the molecule is CCCCc1cc(OC2CCN(CCCNC(=O)OC(C)(C)C)CC2)c2ncccc2c1. The Morgan fingerprint density at radius 3 is 2.72 bits per heavy atom. The van der Waals surface area contributed by atoms with Gasteiger partial charge in [0.05, 0.1) is 0 Å². The van der Waals surface area contributed by atoms with Crippen LogP contribution in [0.5, 0.6) is 5.75 Å². The van der Waals surface area contributed by atoms with Crippen molar-refractivity contribution in [3.63, 3.8) is 0 Å². The maximum atomic E-state index is 11.7. The molecule has 1 aliphatic rings. The molecular weight excluding hydrogens is 402 g/mol. The molecule has 1 aliphatic heterocycles. The highest BCUT2D eigenvalue weighted by atomic mass is 16.6. The predicted molar refractivity (Wildman–Crippen MR) is 129 cm³/mol. The first-order valence-corrected chi connectivity index (χ1v) is 12.1. The van der Waals surface area contributed by atoms with Crippen molar-refractivity contribution in [2.24, 2.45) is 0 Å². The van der Waals surface area contributed by atoms with Crippen LogP contribution in [0.1, 0.15) is 65.4 Å². The second-order valence-corrected chi connectivity index (χ2v) is 9.71. The van der Waals surface area contributed by atoms with E-state index in [1.54, 1.807) is 0 Å². The summed E-state index contributed by atoms with van der Waals surface area (Å²) in [6.45, 7) is 11.5. The Bertz CT molecular complexity index is 870. The van der Waals surface area contributed by atoms with Crippen molar-refractivity contribution in [3.8, 4) is 5.75 Å². The van der Waals surface area contributed by atoms with E-state index < -0.39 is 5.60 Å². The number of likely N-dealkylation sites (tertiary alicyclic amines) is 1. The minimum atomic E-state index is -0.456. The molecule has 1 aromatic heterocycles. The summed E-state index contributed by atoms with van der Waals surface area (Å²) in [7, 11) is 0. The minimum Gasteiger partial charge on any atom is -0.488 e. The van der Waals surface area contributed by atoms with Crippen LogP contribution in [0.25, 0.3) is 10.9 Å². The number of benzene rings is 1. The van der Waals surface area contributed by atoms with E-state index in [4.69, 9.17) is 9.47 Å². The first-order valence-electron chi connectivity index (χ1n) is 12.1. The summed E-state index contributed by atoms with van der Waals surface area (Å²) < 4.78 is 11.8. The van der Waals surface area contributed by atoms with Crippen molar-refractivity contribution >= 4 is 17.0 Å². The molecule has 3 rings (SSSR count). The molecule has 6 nitrogen and oxygen atoms in total. The van der Waals surface area contributed by atoms with Gasteiger partial charge in [-0.05, 0) is 83.2 Å². The van der Waals surface area contributed by atoms with Crippen molar-refractivity contribution in [1.29, 1.82) is 0 Å². The van der Waals surface area contributed by atoms with Crippen molar-refractivity contribution in [1.82, 2.24) is 15.2 Å². The minimum absolute atomic E-state index is 0.220. The Morgan fingerprint density at radius 2 is 2.00 bits per heavy atom. The maximum Gasteiger partial charge on any atom is 0.407 e. The summed E-state index contributed by atoms with van der Waals surface area (Å²) in [6, 6.07) is 8.56. The monoisotopic (exact) mass is 441 g/mol. The van der Waals surface area contributed by atoms with Gasteiger partial charge in [-0.3, -0.25) is 4.98 Å². The third-order valence-electron chi connectivity index (χ3n) is 5.70. The van der Waals surface area contributed by atoms with Crippen LogP contribution in [0.15, 0.2) is 30.5 Å². The van der Waals surface area contributed by atoms with E-state index in [2.05, 4.69) is 40.3 Å². The van der Waals surface area contributed by atoms with Crippen LogP contribution in [0.4, 0.5) is 4.79 Å². The van der Waals surface area contributed by atoms with Crippen LogP contribution in [0, 0.1) is 0 Å². The lowest BCUT2D eigenvalue weighted by molar-refractivity contribution is 0.0523. The normalized spacial score (nSPS) is 15.6. The average molecular weight is 442 g/mol. The van der Waals surface area contributed by atoms with Gasteiger partial charge in [0.15, 0.2) is 0 Å². The molecule has 0 aliphatic carbocycles. The zero-order valence-electron chi connectivity index (χ0n) is 20.2. The molecule has 1 amide bonds. The Labute approximate surface area is 192 Å². The lowest BCUT2D eigenvalue weighted by atomic mass is 10.0. The Morgan fingerprint density at radius 1 is 1.22 bits per heavy atom. The van der Waals surface area contributed by atoms with Gasteiger partial charge in [-0.15, -0.1) is 0 Å². The van der Waals surface area contributed by atoms with Crippen LogP contribution in [0.2, 0.25) is 0 Å². The summed E-state index contributed by atoms with van der Waals surface area (Å²) in [4.78, 5) is 18.8. The molecule has 0 radical (unpaired) electrons. The van der Waals surface area contributed by atoms with Gasteiger partial charge in [0, 0.05) is 31.2 Å². The standard InChI is InChI=1S/C26H39N3O3/c1-5-6-9-20-18-21-10-7-13-27-24(21)23(19-20)31-22-11-16-29(17-12-22)15-8-14-28-25(30)32-26(2,3)4/h7,10,13,18-19,22H,5-6,8-9,11-12,14-17H2,1-4H3,(H,28,30). The summed E-state index contributed by atoms with van der Waals surface area (Å²) in [5, 5.41) is 4.00. The lowest BCUT2D eigenvalue weighted by Crippen LogP contribution is -2.40. The van der Waals surface area contributed by atoms with Crippen LogP contribution >= 0.6 is 0 Å². The number of unbranched alkanes of at least 4 members (excludes halogenated alkanes) is 1. The number of hydrogen-bond donors (Lipinski definition) is 1. The Kier molecular flexibility index (Phi) is 8.74. The molecule has 2 heterocycles. The van der Waals surface area contributed by atoms with E-state index in [1.807, 2.05) is 33.0 Å². The number of piperidine rings is 1. The molecule has 1 fully saturated rings. The molecule has 6 heteroatoms. The number of carbonyl (C=O) groups is 1. The number of carbonyl (C=O) groups excluding carboxylic acids is 1. The van der Waals surface area contributed by atoms with E-state index in [0.29, 0.717) is 6.54 Å². The number of nitrogens with one attached hydrogen (secondary N) is 1. The van der Waals surface area contributed by atoms with E-state index in [9.17, 15) is 4.79 Å². The number of fused-ring (bicyclic) bond motifs is 1. The fourth-order valence-electron chi connectivity index (χ4n) is 4.07. The van der Waals surface area contributed by atoms with Crippen molar-refractivity contribution in [2.75, 3.05) is 26.2 Å². The number of alkyl carbamates (subject to hydrolysis) is 1. The number of aromatic nitrogens is 1. The molecule has 0 bridgehead atoms. The van der Waals surface area contributed by atoms with Gasteiger partial charge >= 0.3 is 6.09 Å². The van der Waals surface area contributed by atoms with E-state index in [-0.39, 0.29) is 12.2 Å². The summed E-state index contributed by atoms with van der Waals surface area (Å²) >= 11 is 0. The number of nitrogens with zero attached hydrogens (tertiary/aromatic N) is 2. The number of pyridine rings is 1. The van der Waals surface area contributed by atoms with E-state index in [1.165, 1.54) is 18.4 Å². The van der Waals surface area contributed by atoms with Gasteiger partial charge in [0.2, 0.25) is 0 Å². The second kappa shape index (κ2) is 11.5. The zero-order valence-corrected chi connectivity index (χ0v) is 20.2. The molecule has 176 valence electrons. The smallest absolute Gasteiger partial charge is 0.407 e. The summed E-state index contributed by atoms with van der Waals surface area (Å²) in [5.74, 6) is 0.925. The molecule has 2 aromatic rings. The van der Waals surface area contributed by atoms with Gasteiger partial charge < -0.3 is 19.7 Å². The molecule has 1 saturated heterocycles. The Balaban J connectivity index is 1.46. The number of hydrogen-bond acceptors (Lipinski definition) is 5. The third-order valence-corrected chi connectivity index (χ3v) is 5.70. The molecular formula is C26H39N3O3. The number of amides is 1. The summed E-state index contributed by atoms with van der Waals surface area (Å²) in [6.07, 6.45) is 8.10. The molecule has 1 aromatic carbocycles. The summed E-state index contributed by atoms with van der Waals surface area (Å²) in [5.41, 5.74) is 1.84. The van der Waals surface area contributed by atoms with Crippen molar-refractivity contribution < 1.29 is 14.3 Å². The van der Waals surface area contributed by atoms with Crippen LogP contribution < -0.4 is 10.1 Å². The fourth-order valence-corrected chi connectivity index (χ4v) is 4.07. The van der Waals surface area contributed by atoms with E-state index in [0.717, 1.165) is 62.0 Å². The number of ether oxygens (including phenoxy) is 2. The molecule has 32 heavy (non-hydrogen) atoms. The molecule has 0 spiro atoms. The number of rotatable bonds is 9. The first kappa shape index (κ1) is 24.3. The highest BCUT2D eigenvalue weighted by Crippen LogP contribution is 2.29. The van der Waals surface area contributed by atoms with Gasteiger partial charge in [0.1, 0.15) is 23.0 Å². The molecule has 1 N–H and O–H groups in total. The first-order chi connectivity index (χ1) is 15.3. The fraction of sp³-hybridized carbons (Fsp3) is 0.615. The van der Waals surface area contributed by atoms with Crippen LogP contribution in [-0.2, 0) is 11.2 Å². The maximum absolute atomic E-state index is 11.7. The second-order valence-electron chi connectivity index (χ2n) is 9.71. The van der Waals surface area contributed by atoms with Crippen molar-refractivity contribution in [2.45, 2.75) is 77.9 Å². The lowest BCUT2D eigenvalue weighted by Gasteiger charge is -2.32. The van der Waals surface area contributed by atoms with Crippen LogP contribution in [-0.4, -0.2) is 53.9 Å². The van der Waals surface area contributed by atoms with E-state index >= 15 is 0 Å². The van der Waals surface area contributed by atoms with Crippen LogP contribution in [0.3, 0.4) is 0 Å². The van der Waals surface area contributed by atoms with Crippen molar-refractivity contribution in [3.05, 3.63) is 36.0 Å². The largest absolute Gasteiger partial charge is 0.488 e. The van der Waals surface area contributed by atoms with Gasteiger partial charge in [-0.2, -0.15) is 0 Å². The molecule has 0 unspecified atom stereocenters. The third kappa shape index (κ3) is 7.66. The molecule has 0 saturated carbocycles. The van der Waals surface area contributed by atoms with Gasteiger partial charge in [0.25, 0.3) is 0 Å². The quantitative estimate of drug-likeness (QED) is 0.533. The number of aryl methyl sites for hydroxylation is 1. The predicted octanol–water partition coefficient (Wildman–Crippen LogP) is 5.34. The highest BCUT2D eigenvalue weighted by Gasteiger charge is 2.22.